The lowest BCUT2D eigenvalue weighted by Gasteiger charge is -2.12. The van der Waals surface area contributed by atoms with Crippen molar-refractivity contribution in [1.29, 1.82) is 0 Å². The Morgan fingerprint density at radius 3 is 2.44 bits per heavy atom. The summed E-state index contributed by atoms with van der Waals surface area (Å²) >= 11 is 0. The molecule has 2 heteroatoms. The van der Waals surface area contributed by atoms with E-state index in [2.05, 4.69) is 6.92 Å². The van der Waals surface area contributed by atoms with E-state index in [4.69, 9.17) is 9.84 Å². The van der Waals surface area contributed by atoms with Crippen LogP contribution in [0.5, 0.6) is 0 Å². The molecule has 0 saturated carbocycles. The van der Waals surface area contributed by atoms with Crippen LogP contribution in [-0.4, -0.2) is 24.4 Å². The van der Waals surface area contributed by atoms with Crippen molar-refractivity contribution in [2.24, 2.45) is 11.8 Å². The van der Waals surface area contributed by atoms with Crippen LogP contribution < -0.4 is 0 Å². The predicted molar refractivity (Wildman–Crippen MR) is 35.2 cm³/mol. The van der Waals surface area contributed by atoms with Crippen LogP contribution in [0.1, 0.15) is 13.8 Å². The van der Waals surface area contributed by atoms with Crippen LogP contribution in [0.15, 0.2) is 0 Å². The summed E-state index contributed by atoms with van der Waals surface area (Å²) in [7, 11) is 0. The molecule has 0 amide bonds. The van der Waals surface area contributed by atoms with Crippen LogP contribution in [-0.2, 0) is 4.74 Å². The highest BCUT2D eigenvalue weighted by Gasteiger charge is 2.30. The van der Waals surface area contributed by atoms with Gasteiger partial charge in [-0.1, -0.05) is 6.92 Å². The topological polar surface area (TPSA) is 29.5 Å². The lowest BCUT2D eigenvalue weighted by molar-refractivity contribution is 0.0862. The number of hydrogen-bond acceptors (Lipinski definition) is 2. The molecule has 0 spiro atoms. The molecule has 1 rings (SSSR count). The van der Waals surface area contributed by atoms with Crippen LogP contribution >= 0.6 is 0 Å². The maximum absolute atomic E-state index is 8.83. The Labute approximate surface area is 55.8 Å². The molecule has 3 atom stereocenters. The molecule has 0 aliphatic carbocycles. The summed E-state index contributed by atoms with van der Waals surface area (Å²) in [5.74, 6) is 0.898. The van der Waals surface area contributed by atoms with Crippen molar-refractivity contribution >= 4 is 0 Å². The van der Waals surface area contributed by atoms with Crippen molar-refractivity contribution in [3.05, 3.63) is 0 Å². The number of ether oxygens (including phenoxy) is 1. The van der Waals surface area contributed by atoms with E-state index in [0.717, 1.165) is 6.61 Å². The Balaban J connectivity index is 2.44. The molecule has 9 heavy (non-hydrogen) atoms. The molecule has 0 radical (unpaired) electrons. The van der Waals surface area contributed by atoms with Gasteiger partial charge in [-0.3, -0.25) is 0 Å². The first kappa shape index (κ1) is 7.03. The van der Waals surface area contributed by atoms with Crippen LogP contribution in [0.3, 0.4) is 0 Å². The van der Waals surface area contributed by atoms with Gasteiger partial charge < -0.3 is 9.84 Å². The Hall–Kier alpha value is -0.0800. The van der Waals surface area contributed by atoms with Crippen LogP contribution in [0.4, 0.5) is 0 Å². The molecule has 54 valence electrons. The Bertz CT molecular complexity index is 82.9. The molecule has 1 saturated heterocycles. The maximum Gasteiger partial charge on any atom is 0.0600 e. The summed E-state index contributed by atoms with van der Waals surface area (Å²) in [6.45, 7) is 5.21. The molecular weight excluding hydrogens is 116 g/mol. The van der Waals surface area contributed by atoms with E-state index in [1.807, 2.05) is 6.92 Å². The van der Waals surface area contributed by atoms with Gasteiger partial charge in [0.2, 0.25) is 0 Å². The molecule has 3 unspecified atom stereocenters. The maximum atomic E-state index is 8.83. The quantitative estimate of drug-likeness (QED) is 0.564. The molecule has 1 aliphatic heterocycles. The van der Waals surface area contributed by atoms with E-state index in [0.29, 0.717) is 11.8 Å². The van der Waals surface area contributed by atoms with Crippen molar-refractivity contribution < 1.29 is 9.84 Å². The van der Waals surface area contributed by atoms with Gasteiger partial charge in [-0.2, -0.15) is 0 Å². The molecule has 1 aliphatic rings. The number of aliphatic hydroxyl groups is 1. The highest BCUT2D eigenvalue weighted by atomic mass is 16.5. The van der Waals surface area contributed by atoms with Gasteiger partial charge in [-0.15, -0.1) is 0 Å². The molecule has 1 heterocycles. The van der Waals surface area contributed by atoms with Crippen molar-refractivity contribution in [1.82, 2.24) is 0 Å². The third-order valence-electron chi connectivity index (χ3n) is 2.17. The summed E-state index contributed by atoms with van der Waals surface area (Å²) in [5, 5.41) is 8.83. The largest absolute Gasteiger partial charge is 0.396 e. The first-order valence-electron chi connectivity index (χ1n) is 3.48. The van der Waals surface area contributed by atoms with Gasteiger partial charge in [0.25, 0.3) is 0 Å². The molecule has 1 N–H and O–H groups in total. The fourth-order valence-electron chi connectivity index (χ4n) is 1.34. The standard InChI is InChI=1S/C7H14O2/c1-5-4-9-6(2)7(5)3-8/h5-8H,3-4H2,1-2H3. The van der Waals surface area contributed by atoms with E-state index in [1.165, 1.54) is 0 Å². The van der Waals surface area contributed by atoms with Crippen molar-refractivity contribution in [3.8, 4) is 0 Å². The normalized spacial score (nSPS) is 43.7. The third-order valence-corrected chi connectivity index (χ3v) is 2.17. The number of aliphatic hydroxyl groups excluding tert-OH is 1. The van der Waals surface area contributed by atoms with Crippen molar-refractivity contribution in [2.45, 2.75) is 20.0 Å². The van der Waals surface area contributed by atoms with Crippen LogP contribution in [0.2, 0.25) is 0 Å². The second kappa shape index (κ2) is 2.67. The monoisotopic (exact) mass is 130 g/mol. The third kappa shape index (κ3) is 1.25. The zero-order chi connectivity index (χ0) is 6.85. The highest BCUT2D eigenvalue weighted by Crippen LogP contribution is 2.25. The first-order chi connectivity index (χ1) is 4.25. The van der Waals surface area contributed by atoms with Crippen molar-refractivity contribution in [3.63, 3.8) is 0 Å². The van der Waals surface area contributed by atoms with Crippen LogP contribution in [0, 0.1) is 11.8 Å². The zero-order valence-electron chi connectivity index (χ0n) is 6.00. The van der Waals surface area contributed by atoms with Crippen molar-refractivity contribution in [2.75, 3.05) is 13.2 Å². The SMILES string of the molecule is CC1COC(C)C1CO. The predicted octanol–water partition coefficient (Wildman–Crippen LogP) is 0.650. The minimum absolute atomic E-state index is 0.255. The van der Waals surface area contributed by atoms with E-state index in [9.17, 15) is 0 Å². The average molecular weight is 130 g/mol. The van der Waals surface area contributed by atoms with E-state index < -0.39 is 0 Å². The highest BCUT2D eigenvalue weighted by molar-refractivity contribution is 4.77. The van der Waals surface area contributed by atoms with Gasteiger partial charge in [0.05, 0.1) is 6.10 Å². The molecule has 2 nitrogen and oxygen atoms in total. The van der Waals surface area contributed by atoms with E-state index in [-0.39, 0.29) is 12.7 Å². The lowest BCUT2D eigenvalue weighted by atomic mass is 9.94. The second-order valence-corrected chi connectivity index (χ2v) is 2.86. The summed E-state index contributed by atoms with van der Waals surface area (Å²) in [4.78, 5) is 0. The molecule has 0 bridgehead atoms. The zero-order valence-corrected chi connectivity index (χ0v) is 6.00. The second-order valence-electron chi connectivity index (χ2n) is 2.86. The lowest BCUT2D eigenvalue weighted by Crippen LogP contribution is -2.19. The molecule has 0 aromatic rings. The van der Waals surface area contributed by atoms with Crippen LogP contribution in [0.25, 0.3) is 0 Å². The van der Waals surface area contributed by atoms with Gasteiger partial charge in [-0.05, 0) is 12.8 Å². The fraction of sp³-hybridized carbons (Fsp3) is 1.00. The summed E-state index contributed by atoms with van der Waals surface area (Å²) in [5.41, 5.74) is 0. The molecular formula is C7H14O2. The van der Waals surface area contributed by atoms with Gasteiger partial charge in [-0.25, -0.2) is 0 Å². The smallest absolute Gasteiger partial charge is 0.0600 e. The van der Waals surface area contributed by atoms with E-state index >= 15 is 0 Å². The van der Waals surface area contributed by atoms with Gasteiger partial charge in [0.15, 0.2) is 0 Å². The minimum Gasteiger partial charge on any atom is -0.396 e. The van der Waals surface area contributed by atoms with E-state index in [1.54, 1.807) is 0 Å². The minimum atomic E-state index is 0.255. The number of rotatable bonds is 1. The van der Waals surface area contributed by atoms with Gasteiger partial charge >= 0.3 is 0 Å². The molecule has 0 aromatic carbocycles. The summed E-state index contributed by atoms with van der Waals surface area (Å²) in [6, 6.07) is 0. The molecule has 1 fully saturated rings. The Morgan fingerprint density at radius 2 is 2.22 bits per heavy atom. The average Bonchev–Trinajstić information content (AvgIpc) is 2.12. The van der Waals surface area contributed by atoms with Gasteiger partial charge in [0, 0.05) is 19.1 Å². The fourth-order valence-corrected chi connectivity index (χ4v) is 1.34. The molecule has 0 aromatic heterocycles. The Kier molecular flexibility index (Phi) is 2.09. The summed E-state index contributed by atoms with van der Waals surface area (Å²) in [6.07, 6.45) is 0.255. The Morgan fingerprint density at radius 1 is 1.56 bits per heavy atom. The van der Waals surface area contributed by atoms with Gasteiger partial charge in [0.1, 0.15) is 0 Å². The summed E-state index contributed by atoms with van der Waals surface area (Å²) < 4.78 is 5.31. The number of hydrogen-bond donors (Lipinski definition) is 1. The first-order valence-corrected chi connectivity index (χ1v) is 3.48.